The maximum atomic E-state index is 12.7. The van der Waals surface area contributed by atoms with Crippen LogP contribution in [0.3, 0.4) is 0 Å². The number of carbonyl (C=O) groups excluding carboxylic acids is 1. The highest BCUT2D eigenvalue weighted by atomic mass is 16.5. The lowest BCUT2D eigenvalue weighted by molar-refractivity contribution is -0.121. The molecule has 1 heterocycles. The third-order valence-electron chi connectivity index (χ3n) is 4.11. The lowest BCUT2D eigenvalue weighted by Gasteiger charge is -2.08. The van der Waals surface area contributed by atoms with Crippen LogP contribution in [-0.2, 0) is 17.9 Å². The van der Waals surface area contributed by atoms with Gasteiger partial charge in [0.15, 0.2) is 0 Å². The molecule has 2 aromatic carbocycles. The third-order valence-corrected chi connectivity index (χ3v) is 4.11. The Hall–Kier alpha value is -3.02. The zero-order chi connectivity index (χ0) is 18.4. The van der Waals surface area contributed by atoms with Crippen LogP contribution in [0.2, 0.25) is 0 Å². The Morgan fingerprint density at radius 1 is 1.00 bits per heavy atom. The molecule has 6 nitrogen and oxygen atoms in total. The summed E-state index contributed by atoms with van der Waals surface area (Å²) in [5.41, 5.74) is 1.49. The first-order valence-electron chi connectivity index (χ1n) is 8.83. The average Bonchev–Trinajstić information content (AvgIpc) is 2.92. The number of para-hydroxylation sites is 3. The van der Waals surface area contributed by atoms with Crippen molar-refractivity contribution in [2.75, 3.05) is 13.2 Å². The lowest BCUT2D eigenvalue weighted by atomic mass is 10.3. The first kappa shape index (κ1) is 17.8. The zero-order valence-electron chi connectivity index (χ0n) is 14.9. The molecule has 0 saturated heterocycles. The van der Waals surface area contributed by atoms with Crippen molar-refractivity contribution < 1.29 is 9.53 Å². The van der Waals surface area contributed by atoms with E-state index in [9.17, 15) is 9.59 Å². The van der Waals surface area contributed by atoms with Crippen molar-refractivity contribution in [2.45, 2.75) is 26.4 Å². The highest BCUT2D eigenvalue weighted by Crippen LogP contribution is 2.13. The summed E-state index contributed by atoms with van der Waals surface area (Å²) in [5.74, 6) is 0.559. The lowest BCUT2D eigenvalue weighted by Crippen LogP contribution is -2.35. The van der Waals surface area contributed by atoms with E-state index in [1.165, 1.54) is 4.57 Å². The molecule has 136 valence electrons. The Bertz CT molecular complexity index is 928. The molecule has 0 fully saturated rings. The minimum atomic E-state index is -0.205. The van der Waals surface area contributed by atoms with Crippen LogP contribution in [0.1, 0.15) is 13.3 Å². The Morgan fingerprint density at radius 2 is 1.65 bits per heavy atom. The summed E-state index contributed by atoms with van der Waals surface area (Å²) in [7, 11) is 0. The number of fused-ring (bicyclic) bond motifs is 1. The highest BCUT2D eigenvalue weighted by Gasteiger charge is 2.14. The minimum absolute atomic E-state index is 0.00139. The van der Waals surface area contributed by atoms with Crippen molar-refractivity contribution in [3.63, 3.8) is 0 Å². The number of benzene rings is 2. The van der Waals surface area contributed by atoms with E-state index < -0.39 is 0 Å². The monoisotopic (exact) mass is 353 g/mol. The van der Waals surface area contributed by atoms with Crippen molar-refractivity contribution in [1.29, 1.82) is 0 Å². The molecule has 1 amide bonds. The summed E-state index contributed by atoms with van der Waals surface area (Å²) in [4.78, 5) is 24.9. The fraction of sp³-hybridized carbons (Fsp3) is 0.300. The van der Waals surface area contributed by atoms with E-state index in [1.54, 1.807) is 4.57 Å². The van der Waals surface area contributed by atoms with Gasteiger partial charge >= 0.3 is 5.69 Å². The molecular formula is C20H23N3O3. The Kier molecular flexibility index (Phi) is 5.73. The van der Waals surface area contributed by atoms with E-state index in [0.717, 1.165) is 23.2 Å². The number of amides is 1. The first-order valence-corrected chi connectivity index (χ1v) is 8.83. The summed E-state index contributed by atoms with van der Waals surface area (Å²) < 4.78 is 8.80. The molecule has 0 unspecified atom stereocenters. The molecule has 1 N–H and O–H groups in total. The molecule has 3 rings (SSSR count). The van der Waals surface area contributed by atoms with Crippen LogP contribution in [0, 0.1) is 0 Å². The molecule has 3 aromatic rings. The van der Waals surface area contributed by atoms with Crippen LogP contribution in [0.15, 0.2) is 59.4 Å². The number of aromatic nitrogens is 2. The maximum Gasteiger partial charge on any atom is 0.329 e. The average molecular weight is 353 g/mol. The standard InChI is InChI=1S/C20H23N3O3/c1-2-13-22-17-10-6-7-11-18(17)23(20(22)25)15-19(24)21-12-14-26-16-8-4-3-5-9-16/h3-11H,2,12-15H2,1H3,(H,21,24). The maximum absolute atomic E-state index is 12.7. The molecule has 0 aliphatic carbocycles. The van der Waals surface area contributed by atoms with Gasteiger partial charge in [0, 0.05) is 6.54 Å². The summed E-state index contributed by atoms with van der Waals surface area (Å²) >= 11 is 0. The van der Waals surface area contributed by atoms with Crippen molar-refractivity contribution in [2.24, 2.45) is 0 Å². The molecule has 1 aromatic heterocycles. The number of hydrogen-bond acceptors (Lipinski definition) is 3. The predicted octanol–water partition coefficient (Wildman–Crippen LogP) is 2.41. The number of aryl methyl sites for hydroxylation is 1. The van der Waals surface area contributed by atoms with E-state index in [4.69, 9.17) is 4.74 Å². The van der Waals surface area contributed by atoms with Gasteiger partial charge in [-0.3, -0.25) is 13.9 Å². The second-order valence-corrected chi connectivity index (χ2v) is 6.02. The summed E-state index contributed by atoms with van der Waals surface area (Å²) in [6.07, 6.45) is 0.858. The summed E-state index contributed by atoms with van der Waals surface area (Å²) in [6.45, 7) is 3.43. The van der Waals surface area contributed by atoms with Gasteiger partial charge in [-0.05, 0) is 30.7 Å². The van der Waals surface area contributed by atoms with Crippen LogP contribution in [0.5, 0.6) is 5.75 Å². The molecule has 0 aliphatic rings. The van der Waals surface area contributed by atoms with Crippen LogP contribution in [0.25, 0.3) is 11.0 Å². The number of nitrogens with zero attached hydrogens (tertiary/aromatic N) is 2. The van der Waals surface area contributed by atoms with Gasteiger partial charge in [-0.25, -0.2) is 4.79 Å². The Morgan fingerprint density at radius 3 is 2.35 bits per heavy atom. The molecule has 0 bridgehead atoms. The molecule has 0 spiro atoms. The van der Waals surface area contributed by atoms with Gasteiger partial charge in [0.2, 0.25) is 5.91 Å². The number of carbonyl (C=O) groups is 1. The molecule has 26 heavy (non-hydrogen) atoms. The minimum Gasteiger partial charge on any atom is -0.492 e. The van der Waals surface area contributed by atoms with E-state index in [1.807, 2.05) is 61.5 Å². The van der Waals surface area contributed by atoms with Crippen molar-refractivity contribution in [3.05, 3.63) is 65.1 Å². The number of hydrogen-bond donors (Lipinski definition) is 1. The van der Waals surface area contributed by atoms with E-state index in [-0.39, 0.29) is 18.1 Å². The topological polar surface area (TPSA) is 65.3 Å². The Labute approximate surface area is 152 Å². The van der Waals surface area contributed by atoms with Crippen molar-refractivity contribution >= 4 is 16.9 Å². The molecule has 0 aliphatic heterocycles. The number of imidazole rings is 1. The first-order chi connectivity index (χ1) is 12.7. The van der Waals surface area contributed by atoms with Crippen LogP contribution < -0.4 is 15.7 Å². The SMILES string of the molecule is CCCn1c(=O)n(CC(=O)NCCOc2ccccc2)c2ccccc21. The van der Waals surface area contributed by atoms with Gasteiger partial charge < -0.3 is 10.1 Å². The molecule has 0 saturated carbocycles. The van der Waals surface area contributed by atoms with Crippen LogP contribution >= 0.6 is 0 Å². The Balaban J connectivity index is 1.62. The molecular weight excluding hydrogens is 330 g/mol. The van der Waals surface area contributed by atoms with Crippen molar-refractivity contribution in [3.8, 4) is 5.75 Å². The van der Waals surface area contributed by atoms with Crippen LogP contribution in [0.4, 0.5) is 0 Å². The summed E-state index contributed by atoms with van der Waals surface area (Å²) in [6, 6.07) is 17.0. The third kappa shape index (κ3) is 3.96. The van der Waals surface area contributed by atoms with E-state index in [0.29, 0.717) is 19.7 Å². The normalized spacial score (nSPS) is 10.8. The smallest absolute Gasteiger partial charge is 0.329 e. The number of ether oxygens (including phenoxy) is 1. The van der Waals surface area contributed by atoms with Gasteiger partial charge in [0.05, 0.1) is 17.6 Å². The van der Waals surface area contributed by atoms with E-state index >= 15 is 0 Å². The molecule has 6 heteroatoms. The van der Waals surface area contributed by atoms with Gasteiger partial charge in [0.1, 0.15) is 18.9 Å². The largest absolute Gasteiger partial charge is 0.492 e. The van der Waals surface area contributed by atoms with E-state index in [2.05, 4.69) is 5.32 Å². The van der Waals surface area contributed by atoms with Gasteiger partial charge in [-0.15, -0.1) is 0 Å². The number of rotatable bonds is 8. The van der Waals surface area contributed by atoms with Gasteiger partial charge in [-0.2, -0.15) is 0 Å². The molecule has 0 radical (unpaired) electrons. The second kappa shape index (κ2) is 8.38. The number of nitrogens with one attached hydrogen (secondary N) is 1. The summed E-state index contributed by atoms with van der Waals surface area (Å²) in [5, 5.41) is 2.80. The quantitative estimate of drug-likeness (QED) is 0.633. The fourth-order valence-corrected chi connectivity index (χ4v) is 2.94. The van der Waals surface area contributed by atoms with Gasteiger partial charge in [-0.1, -0.05) is 37.3 Å². The fourth-order valence-electron chi connectivity index (χ4n) is 2.94. The van der Waals surface area contributed by atoms with Crippen LogP contribution in [-0.4, -0.2) is 28.2 Å². The second-order valence-electron chi connectivity index (χ2n) is 6.02. The highest BCUT2D eigenvalue weighted by molar-refractivity contribution is 5.80. The zero-order valence-corrected chi connectivity index (χ0v) is 14.9. The van der Waals surface area contributed by atoms with Gasteiger partial charge in [0.25, 0.3) is 0 Å². The van der Waals surface area contributed by atoms with Crippen molar-refractivity contribution in [1.82, 2.24) is 14.5 Å². The molecule has 0 atom stereocenters. The predicted molar refractivity (Wildman–Crippen MR) is 101 cm³/mol.